The first kappa shape index (κ1) is 13.2. The Morgan fingerprint density at radius 3 is 2.53 bits per heavy atom. The number of methoxy groups -OCH3 is 2. The summed E-state index contributed by atoms with van der Waals surface area (Å²) in [7, 11) is 4.83. The molecule has 6 heteroatoms. The van der Waals surface area contributed by atoms with Gasteiger partial charge in [-0.05, 0) is 18.2 Å². The molecule has 2 rings (SSSR count). The third-order valence-corrected chi connectivity index (χ3v) is 3.04. The lowest BCUT2D eigenvalue weighted by Crippen LogP contribution is -2.06. The monoisotopic (exact) mass is 263 g/mol. The zero-order chi connectivity index (χ0) is 14.0. The molecule has 3 N–H and O–H groups in total. The van der Waals surface area contributed by atoms with Crippen LogP contribution in [0.2, 0.25) is 0 Å². The van der Waals surface area contributed by atoms with Crippen molar-refractivity contribution in [3.63, 3.8) is 0 Å². The van der Waals surface area contributed by atoms with Gasteiger partial charge in [-0.25, -0.2) is 0 Å². The van der Waals surface area contributed by atoms with Crippen LogP contribution in [0.15, 0.2) is 24.4 Å². The third kappa shape index (κ3) is 2.34. The van der Waals surface area contributed by atoms with Crippen LogP contribution in [-0.2, 0) is 7.05 Å². The number of nitrogens with two attached hydrogens (primary N) is 1. The molecule has 1 aromatic carbocycles. The maximum Gasteiger partial charge on any atom is 0.127 e. The molecule has 0 aliphatic rings. The Bertz CT molecular complexity index is 581. The van der Waals surface area contributed by atoms with E-state index in [-0.39, 0.29) is 0 Å². The van der Waals surface area contributed by atoms with E-state index in [0.29, 0.717) is 28.4 Å². The summed E-state index contributed by atoms with van der Waals surface area (Å²) in [6.45, 7) is 0. The largest absolute Gasteiger partial charge is 0.497 e. The average Bonchev–Trinajstić information content (AvgIpc) is 2.77. The van der Waals surface area contributed by atoms with Gasteiger partial charge in [0.05, 0.1) is 20.4 Å². The van der Waals surface area contributed by atoms with Crippen LogP contribution >= 0.6 is 0 Å². The fraction of sp³-hybridized carbons (Fsp3) is 0.308. The standard InChI is InChI=1S/C13H17N3O3/c1-16-13(14)10(7-15-16)12(17)9-6-8(18-2)4-5-11(9)19-3/h4-7,12,17H,14H2,1-3H3. The number of rotatable bonds is 4. The van der Waals surface area contributed by atoms with Crippen LogP contribution in [0, 0.1) is 0 Å². The molecule has 19 heavy (non-hydrogen) atoms. The summed E-state index contributed by atoms with van der Waals surface area (Å²) >= 11 is 0. The predicted octanol–water partition coefficient (Wildman–Crippen LogP) is 1.10. The normalized spacial score (nSPS) is 12.2. The highest BCUT2D eigenvalue weighted by Crippen LogP contribution is 2.34. The van der Waals surface area contributed by atoms with Gasteiger partial charge in [0, 0.05) is 18.2 Å². The maximum absolute atomic E-state index is 10.4. The summed E-state index contributed by atoms with van der Waals surface area (Å²) in [4.78, 5) is 0. The number of aryl methyl sites for hydroxylation is 1. The lowest BCUT2D eigenvalue weighted by Gasteiger charge is -2.15. The Balaban J connectivity index is 2.47. The molecule has 6 nitrogen and oxygen atoms in total. The first-order valence-corrected chi connectivity index (χ1v) is 5.75. The molecular formula is C13H17N3O3. The molecule has 1 unspecified atom stereocenters. The van der Waals surface area contributed by atoms with E-state index in [1.807, 2.05) is 0 Å². The Hall–Kier alpha value is -2.21. The number of ether oxygens (including phenoxy) is 2. The van der Waals surface area contributed by atoms with Crippen LogP contribution in [0.4, 0.5) is 5.82 Å². The highest BCUT2D eigenvalue weighted by molar-refractivity contribution is 5.50. The summed E-state index contributed by atoms with van der Waals surface area (Å²) in [6, 6.07) is 5.22. The van der Waals surface area contributed by atoms with Crippen LogP contribution in [0.1, 0.15) is 17.2 Å². The minimum absolute atomic E-state index is 0.414. The molecule has 0 aliphatic heterocycles. The van der Waals surface area contributed by atoms with Crippen LogP contribution in [-0.4, -0.2) is 29.1 Å². The zero-order valence-corrected chi connectivity index (χ0v) is 11.1. The highest BCUT2D eigenvalue weighted by Gasteiger charge is 2.21. The Morgan fingerprint density at radius 1 is 1.26 bits per heavy atom. The lowest BCUT2D eigenvalue weighted by atomic mass is 10.0. The van der Waals surface area contributed by atoms with E-state index in [0.717, 1.165) is 0 Å². The molecule has 1 heterocycles. The molecule has 0 bridgehead atoms. The van der Waals surface area contributed by atoms with Gasteiger partial charge in [-0.1, -0.05) is 0 Å². The number of nitrogen functional groups attached to an aromatic ring is 1. The molecule has 1 atom stereocenters. The maximum atomic E-state index is 10.4. The SMILES string of the molecule is COc1ccc(OC)c(C(O)c2cnn(C)c2N)c1. The van der Waals surface area contributed by atoms with E-state index < -0.39 is 6.10 Å². The van der Waals surface area contributed by atoms with Gasteiger partial charge in [0.2, 0.25) is 0 Å². The van der Waals surface area contributed by atoms with Crippen LogP contribution < -0.4 is 15.2 Å². The first-order chi connectivity index (χ1) is 9.08. The fourth-order valence-corrected chi connectivity index (χ4v) is 1.90. The second-order valence-corrected chi connectivity index (χ2v) is 4.12. The van der Waals surface area contributed by atoms with E-state index in [9.17, 15) is 5.11 Å². The number of hydrogen-bond donors (Lipinski definition) is 2. The molecule has 2 aromatic rings. The van der Waals surface area contributed by atoms with E-state index in [1.54, 1.807) is 45.7 Å². The lowest BCUT2D eigenvalue weighted by molar-refractivity contribution is 0.215. The van der Waals surface area contributed by atoms with Gasteiger partial charge in [-0.3, -0.25) is 4.68 Å². The number of nitrogens with zero attached hydrogens (tertiary/aromatic N) is 2. The van der Waals surface area contributed by atoms with Crippen molar-refractivity contribution in [2.45, 2.75) is 6.10 Å². The highest BCUT2D eigenvalue weighted by atomic mass is 16.5. The Kier molecular flexibility index (Phi) is 3.62. The van der Waals surface area contributed by atoms with Crippen molar-refractivity contribution in [1.29, 1.82) is 0 Å². The molecule has 1 aromatic heterocycles. The molecule has 0 aliphatic carbocycles. The topological polar surface area (TPSA) is 82.5 Å². The number of aromatic nitrogens is 2. The summed E-state index contributed by atoms with van der Waals surface area (Å²) in [5.74, 6) is 1.62. The zero-order valence-electron chi connectivity index (χ0n) is 11.1. The summed E-state index contributed by atoms with van der Waals surface area (Å²) in [5, 5.41) is 14.5. The third-order valence-electron chi connectivity index (χ3n) is 3.04. The smallest absolute Gasteiger partial charge is 0.127 e. The fourth-order valence-electron chi connectivity index (χ4n) is 1.90. The molecule has 0 saturated carbocycles. The first-order valence-electron chi connectivity index (χ1n) is 5.75. The van der Waals surface area contributed by atoms with Crippen molar-refractivity contribution in [1.82, 2.24) is 9.78 Å². The average molecular weight is 263 g/mol. The Labute approximate surface area is 111 Å². The molecular weight excluding hydrogens is 246 g/mol. The van der Waals surface area contributed by atoms with Crippen LogP contribution in [0.5, 0.6) is 11.5 Å². The summed E-state index contributed by atoms with van der Waals surface area (Å²) in [6.07, 6.45) is 0.623. The second-order valence-electron chi connectivity index (χ2n) is 4.12. The molecule has 0 radical (unpaired) electrons. The van der Waals surface area contributed by atoms with Crippen molar-refractivity contribution >= 4 is 5.82 Å². The van der Waals surface area contributed by atoms with Gasteiger partial charge in [0.1, 0.15) is 23.4 Å². The minimum Gasteiger partial charge on any atom is -0.497 e. The van der Waals surface area contributed by atoms with Crippen molar-refractivity contribution in [3.8, 4) is 11.5 Å². The minimum atomic E-state index is -0.918. The number of hydrogen-bond acceptors (Lipinski definition) is 5. The van der Waals surface area contributed by atoms with Crippen molar-refractivity contribution in [2.24, 2.45) is 7.05 Å². The summed E-state index contributed by atoms with van der Waals surface area (Å²) in [5.41, 5.74) is 6.99. The number of aliphatic hydroxyl groups excluding tert-OH is 1. The predicted molar refractivity (Wildman–Crippen MR) is 71.2 cm³/mol. The Morgan fingerprint density at radius 2 is 2.00 bits per heavy atom. The molecule has 102 valence electrons. The van der Waals surface area contributed by atoms with Crippen molar-refractivity contribution in [2.75, 3.05) is 20.0 Å². The molecule has 0 fully saturated rings. The van der Waals surface area contributed by atoms with Crippen molar-refractivity contribution in [3.05, 3.63) is 35.5 Å². The van der Waals surface area contributed by atoms with Crippen molar-refractivity contribution < 1.29 is 14.6 Å². The number of aliphatic hydroxyl groups is 1. The van der Waals surface area contributed by atoms with Crippen LogP contribution in [0.3, 0.4) is 0 Å². The van der Waals surface area contributed by atoms with Gasteiger partial charge in [-0.15, -0.1) is 0 Å². The quantitative estimate of drug-likeness (QED) is 0.863. The second kappa shape index (κ2) is 5.19. The van der Waals surface area contributed by atoms with Crippen LogP contribution in [0.25, 0.3) is 0 Å². The van der Waals surface area contributed by atoms with E-state index >= 15 is 0 Å². The van der Waals surface area contributed by atoms with Gasteiger partial charge in [0.15, 0.2) is 0 Å². The summed E-state index contributed by atoms with van der Waals surface area (Å²) < 4.78 is 11.9. The number of anilines is 1. The van der Waals surface area contributed by atoms with Gasteiger partial charge in [0.25, 0.3) is 0 Å². The van der Waals surface area contributed by atoms with E-state index in [1.165, 1.54) is 4.68 Å². The molecule has 0 saturated heterocycles. The van der Waals surface area contributed by atoms with E-state index in [2.05, 4.69) is 5.10 Å². The number of benzene rings is 1. The molecule has 0 amide bonds. The van der Waals surface area contributed by atoms with Gasteiger partial charge >= 0.3 is 0 Å². The van der Waals surface area contributed by atoms with Gasteiger partial charge < -0.3 is 20.3 Å². The van der Waals surface area contributed by atoms with Gasteiger partial charge in [-0.2, -0.15) is 5.10 Å². The van der Waals surface area contributed by atoms with E-state index in [4.69, 9.17) is 15.2 Å². The molecule has 0 spiro atoms.